The first-order chi connectivity index (χ1) is 15.4. The van der Waals surface area contributed by atoms with Crippen molar-refractivity contribution in [3.8, 4) is 0 Å². The van der Waals surface area contributed by atoms with Gasteiger partial charge in [-0.2, -0.15) is 0 Å². The molecule has 172 valence electrons. The molecule has 6 heteroatoms. The van der Waals surface area contributed by atoms with Gasteiger partial charge in [0.15, 0.2) is 0 Å². The summed E-state index contributed by atoms with van der Waals surface area (Å²) in [6.07, 6.45) is 8.73. The van der Waals surface area contributed by atoms with Gasteiger partial charge in [0, 0.05) is 53.2 Å². The largest absolute Gasteiger partial charge is 0.398 e. The Morgan fingerprint density at radius 1 is 1.41 bits per heavy atom. The molecule has 1 unspecified atom stereocenters. The van der Waals surface area contributed by atoms with E-state index in [1.165, 1.54) is 17.5 Å². The molecule has 1 aliphatic heterocycles. The fourth-order valence-corrected chi connectivity index (χ4v) is 4.69. The maximum absolute atomic E-state index is 13.9. The van der Waals surface area contributed by atoms with Gasteiger partial charge in [0.25, 0.3) is 0 Å². The number of benzene rings is 1. The van der Waals surface area contributed by atoms with Crippen molar-refractivity contribution in [2.24, 2.45) is 0 Å². The van der Waals surface area contributed by atoms with Crippen LogP contribution in [0.15, 0.2) is 48.8 Å². The van der Waals surface area contributed by atoms with Crippen molar-refractivity contribution in [3.05, 3.63) is 65.7 Å². The van der Waals surface area contributed by atoms with Crippen LogP contribution >= 0.6 is 11.6 Å². The van der Waals surface area contributed by atoms with Gasteiger partial charge in [0.05, 0.1) is 11.9 Å². The van der Waals surface area contributed by atoms with Crippen molar-refractivity contribution < 1.29 is 9.13 Å². The number of ether oxygens (including phenoxy) is 1. The van der Waals surface area contributed by atoms with Crippen LogP contribution < -0.4 is 5.73 Å². The summed E-state index contributed by atoms with van der Waals surface area (Å²) >= 11 is 5.67. The second-order valence-corrected chi connectivity index (χ2v) is 8.81. The number of allylic oxidation sites excluding steroid dienone is 4. The third kappa shape index (κ3) is 5.16. The highest BCUT2D eigenvalue weighted by Crippen LogP contribution is 2.41. The van der Waals surface area contributed by atoms with Crippen LogP contribution in [0.25, 0.3) is 10.9 Å². The number of rotatable bonds is 10. The van der Waals surface area contributed by atoms with Crippen molar-refractivity contribution in [1.29, 1.82) is 5.41 Å². The molecule has 4 nitrogen and oxygen atoms in total. The van der Waals surface area contributed by atoms with Crippen LogP contribution in [-0.4, -0.2) is 29.9 Å². The molecule has 0 saturated carbocycles. The lowest BCUT2D eigenvalue weighted by molar-refractivity contribution is 0.0835. The lowest BCUT2D eigenvalue weighted by atomic mass is 9.90. The van der Waals surface area contributed by atoms with E-state index >= 15 is 0 Å². The molecule has 2 aromatic rings. The van der Waals surface area contributed by atoms with Gasteiger partial charge in [-0.25, -0.2) is 4.39 Å². The van der Waals surface area contributed by atoms with E-state index in [-0.39, 0.29) is 17.7 Å². The number of fused-ring (bicyclic) bond motifs is 1. The first-order valence-corrected chi connectivity index (χ1v) is 11.7. The third-order valence-corrected chi connectivity index (χ3v) is 6.49. The fourth-order valence-electron chi connectivity index (χ4n) is 4.58. The highest BCUT2D eigenvalue weighted by molar-refractivity contribution is 6.19. The maximum Gasteiger partial charge on any atom is 0.111 e. The monoisotopic (exact) mass is 457 g/mol. The molecule has 1 saturated heterocycles. The SMILES string of the molecule is C=CC(C/C=C(/F)CCl)n1c(C2CCOCC2)c(CCC(=C)C)c2cc(N)c(C=N)cc21. The molecule has 1 fully saturated rings. The van der Waals surface area contributed by atoms with Gasteiger partial charge in [-0.1, -0.05) is 11.6 Å². The molecule has 0 amide bonds. The van der Waals surface area contributed by atoms with E-state index in [1.54, 1.807) is 6.08 Å². The number of aryl methyl sites for hydroxylation is 1. The predicted octanol–water partition coefficient (Wildman–Crippen LogP) is 6.83. The zero-order chi connectivity index (χ0) is 23.3. The van der Waals surface area contributed by atoms with Gasteiger partial charge in [-0.3, -0.25) is 0 Å². The van der Waals surface area contributed by atoms with Crippen LogP contribution in [-0.2, 0) is 11.2 Å². The van der Waals surface area contributed by atoms with E-state index in [1.807, 2.05) is 25.1 Å². The van der Waals surface area contributed by atoms with Gasteiger partial charge in [0.2, 0.25) is 0 Å². The second-order valence-electron chi connectivity index (χ2n) is 8.54. The van der Waals surface area contributed by atoms with Crippen LogP contribution in [0.3, 0.4) is 0 Å². The van der Waals surface area contributed by atoms with E-state index in [4.69, 9.17) is 27.5 Å². The van der Waals surface area contributed by atoms with Crippen LogP contribution in [0, 0.1) is 5.41 Å². The zero-order valence-electron chi connectivity index (χ0n) is 18.8. The minimum atomic E-state index is -0.338. The van der Waals surface area contributed by atoms with Gasteiger partial charge in [0.1, 0.15) is 5.83 Å². The number of nitrogens with two attached hydrogens (primary N) is 1. The van der Waals surface area contributed by atoms with Crippen molar-refractivity contribution >= 4 is 34.4 Å². The van der Waals surface area contributed by atoms with Crippen molar-refractivity contribution in [2.45, 2.75) is 51.0 Å². The lowest BCUT2D eigenvalue weighted by Gasteiger charge is -2.28. The topological polar surface area (TPSA) is 64.0 Å². The molecule has 3 rings (SSSR count). The molecule has 3 N–H and O–H groups in total. The average Bonchev–Trinajstić information content (AvgIpc) is 3.10. The quantitative estimate of drug-likeness (QED) is 0.177. The number of anilines is 1. The Labute approximate surface area is 195 Å². The number of hydrogen-bond donors (Lipinski definition) is 2. The Balaban J connectivity index is 2.30. The molecule has 0 radical (unpaired) electrons. The summed E-state index contributed by atoms with van der Waals surface area (Å²) in [5, 5.41) is 8.89. The highest BCUT2D eigenvalue weighted by atomic mass is 35.5. The summed E-state index contributed by atoms with van der Waals surface area (Å²) in [4.78, 5) is 0. The molecule has 1 aromatic carbocycles. The van der Waals surface area contributed by atoms with E-state index < -0.39 is 0 Å². The molecule has 0 bridgehead atoms. The van der Waals surface area contributed by atoms with Gasteiger partial charge in [-0.05, 0) is 62.8 Å². The van der Waals surface area contributed by atoms with Crippen molar-refractivity contribution in [2.75, 3.05) is 24.8 Å². The average molecular weight is 458 g/mol. The molecular weight excluding hydrogens is 425 g/mol. The number of nitrogen functional groups attached to an aromatic ring is 1. The Morgan fingerprint density at radius 2 is 2.12 bits per heavy atom. The Bertz CT molecular complexity index is 1030. The molecule has 1 aliphatic rings. The number of nitrogens with zero attached hydrogens (tertiary/aromatic N) is 1. The molecule has 0 aliphatic carbocycles. The summed E-state index contributed by atoms with van der Waals surface area (Å²) in [6, 6.07) is 3.81. The summed E-state index contributed by atoms with van der Waals surface area (Å²) in [7, 11) is 0. The zero-order valence-corrected chi connectivity index (χ0v) is 19.6. The molecule has 2 heterocycles. The number of hydrogen-bond acceptors (Lipinski definition) is 3. The molecule has 0 spiro atoms. The van der Waals surface area contributed by atoms with Gasteiger partial charge in [-0.15, -0.1) is 24.8 Å². The predicted molar refractivity (Wildman–Crippen MR) is 134 cm³/mol. The van der Waals surface area contributed by atoms with Crippen LogP contribution in [0.1, 0.15) is 61.4 Å². The van der Waals surface area contributed by atoms with Crippen molar-refractivity contribution in [1.82, 2.24) is 4.57 Å². The maximum atomic E-state index is 13.9. The first-order valence-electron chi connectivity index (χ1n) is 11.1. The van der Waals surface area contributed by atoms with E-state index in [0.29, 0.717) is 23.6 Å². The number of halogens is 2. The number of alkyl halides is 1. The molecule has 1 atom stereocenters. The van der Waals surface area contributed by atoms with Crippen molar-refractivity contribution in [3.63, 3.8) is 0 Å². The first kappa shape index (κ1) is 24.3. The smallest absolute Gasteiger partial charge is 0.111 e. The van der Waals surface area contributed by atoms with E-state index in [2.05, 4.69) is 17.7 Å². The lowest BCUT2D eigenvalue weighted by Crippen LogP contribution is -2.20. The second kappa shape index (κ2) is 11.0. The summed E-state index contributed by atoms with van der Waals surface area (Å²) in [6.45, 7) is 11.6. The van der Waals surface area contributed by atoms with Gasteiger partial charge >= 0.3 is 0 Å². The summed E-state index contributed by atoms with van der Waals surface area (Å²) < 4.78 is 21.8. The summed E-state index contributed by atoms with van der Waals surface area (Å²) in [5.74, 6) is -0.152. The van der Waals surface area contributed by atoms with E-state index in [0.717, 1.165) is 55.4 Å². The standard InChI is InChI=1S/C26H33ClFN3O/c1-4-21(7-6-20(28)15-27)31-25-13-19(16-29)24(30)14-23(25)22(8-5-17(2)3)26(31)18-9-11-32-12-10-18/h4,6,13-14,16,18,21,29H,1-2,5,7-12,15,30H2,3H3/b20-6+,29-16?. The molecule has 32 heavy (non-hydrogen) atoms. The van der Waals surface area contributed by atoms with Crippen LogP contribution in [0.4, 0.5) is 10.1 Å². The highest BCUT2D eigenvalue weighted by Gasteiger charge is 2.28. The minimum absolute atomic E-state index is 0.137. The van der Waals surface area contributed by atoms with Crippen LogP contribution in [0.2, 0.25) is 0 Å². The van der Waals surface area contributed by atoms with Gasteiger partial charge < -0.3 is 20.4 Å². The Kier molecular flexibility index (Phi) is 8.32. The molecule has 1 aromatic heterocycles. The van der Waals surface area contributed by atoms with Crippen LogP contribution in [0.5, 0.6) is 0 Å². The normalized spacial score (nSPS) is 16.3. The summed E-state index contributed by atoms with van der Waals surface area (Å²) in [5.41, 5.74) is 12.2. The Hall–Kier alpha value is -2.37. The minimum Gasteiger partial charge on any atom is -0.398 e. The third-order valence-electron chi connectivity index (χ3n) is 6.23. The van der Waals surface area contributed by atoms with E-state index in [9.17, 15) is 4.39 Å². The molecular formula is C26H33ClFN3O. The number of aromatic nitrogens is 1. The Morgan fingerprint density at radius 3 is 2.72 bits per heavy atom. The fraction of sp³-hybridized carbons (Fsp3) is 0.423. The number of nitrogens with one attached hydrogen (secondary N) is 1.